The number of hydrogen-bond donors (Lipinski definition) is 0. The van der Waals surface area contributed by atoms with Gasteiger partial charge in [0.05, 0.1) is 5.56 Å². The zero-order valence-electron chi connectivity index (χ0n) is 10.3. The molecule has 0 saturated carbocycles. The quantitative estimate of drug-likeness (QED) is 0.610. The molecule has 0 saturated heterocycles. The minimum absolute atomic E-state index is 0.0223. The molecule has 0 aliphatic carbocycles. The number of pyridine rings is 1. The maximum absolute atomic E-state index is 11.7. The van der Waals surface area contributed by atoms with Gasteiger partial charge >= 0.3 is 5.97 Å². The summed E-state index contributed by atoms with van der Waals surface area (Å²) in [6, 6.07) is 3.08. The second-order valence-electron chi connectivity index (χ2n) is 3.76. The van der Waals surface area contributed by atoms with E-state index in [0.29, 0.717) is 23.1 Å². The van der Waals surface area contributed by atoms with Crippen LogP contribution in [0.2, 0.25) is 5.15 Å². The van der Waals surface area contributed by atoms with E-state index in [4.69, 9.17) is 16.3 Å². The Labute approximate surface area is 114 Å². The zero-order valence-corrected chi connectivity index (χ0v) is 11.0. The van der Waals surface area contributed by atoms with Gasteiger partial charge in [0.2, 0.25) is 0 Å². The molecule has 2 aromatic heterocycles. The van der Waals surface area contributed by atoms with E-state index in [0.717, 1.165) is 6.42 Å². The smallest absolute Gasteiger partial charge is 0.340 e. The molecule has 2 heterocycles. The molecule has 0 fully saturated rings. The lowest BCUT2D eigenvalue weighted by Crippen LogP contribution is -2.11. The van der Waals surface area contributed by atoms with E-state index < -0.39 is 5.97 Å². The van der Waals surface area contributed by atoms with E-state index in [1.165, 1.54) is 12.3 Å². The molecule has 2 aromatic rings. The Hall–Kier alpha value is -2.02. The molecule has 0 amide bonds. The van der Waals surface area contributed by atoms with E-state index in [1.807, 2.05) is 6.92 Å². The van der Waals surface area contributed by atoms with E-state index in [-0.39, 0.29) is 6.61 Å². The molecule has 0 aliphatic heterocycles. The maximum atomic E-state index is 11.7. The van der Waals surface area contributed by atoms with Crippen molar-refractivity contribution < 1.29 is 9.53 Å². The van der Waals surface area contributed by atoms with E-state index in [2.05, 4.69) is 20.5 Å². The largest absolute Gasteiger partial charge is 0.454 e. The Morgan fingerprint density at radius 2 is 2.32 bits per heavy atom. The number of carbonyl (C=O) groups is 1. The predicted octanol–water partition coefficient (Wildman–Crippen LogP) is 1.49. The average molecular weight is 282 g/mol. The lowest BCUT2D eigenvalue weighted by atomic mass is 10.3. The summed E-state index contributed by atoms with van der Waals surface area (Å²) < 4.78 is 6.72. The van der Waals surface area contributed by atoms with Crippen LogP contribution in [0.1, 0.15) is 29.5 Å². The topological polar surface area (TPSA) is 82.8 Å². The predicted molar refractivity (Wildman–Crippen MR) is 66.5 cm³/mol. The number of nitrogens with zero attached hydrogens (tertiary/aromatic N) is 5. The van der Waals surface area contributed by atoms with Crippen LogP contribution in [-0.4, -0.2) is 31.2 Å². The number of ether oxygens (including phenoxy) is 1. The molecule has 19 heavy (non-hydrogen) atoms. The van der Waals surface area contributed by atoms with Crippen LogP contribution in [0.15, 0.2) is 18.3 Å². The molecule has 0 bridgehead atoms. The summed E-state index contributed by atoms with van der Waals surface area (Å²) in [5.41, 5.74) is 0.332. The van der Waals surface area contributed by atoms with Gasteiger partial charge < -0.3 is 4.74 Å². The van der Waals surface area contributed by atoms with Gasteiger partial charge in [0.15, 0.2) is 12.4 Å². The van der Waals surface area contributed by atoms with Crippen LogP contribution < -0.4 is 0 Å². The highest BCUT2D eigenvalue weighted by Crippen LogP contribution is 2.07. The summed E-state index contributed by atoms with van der Waals surface area (Å²) in [5.74, 6) is 0.0207. The Morgan fingerprint density at radius 1 is 1.47 bits per heavy atom. The van der Waals surface area contributed by atoms with Crippen molar-refractivity contribution in [3.63, 3.8) is 0 Å². The second kappa shape index (κ2) is 6.24. The summed E-state index contributed by atoms with van der Waals surface area (Å²) in [6.45, 7) is 2.72. The van der Waals surface area contributed by atoms with Gasteiger partial charge in [-0.15, -0.1) is 5.10 Å². The fourth-order valence-corrected chi connectivity index (χ4v) is 1.53. The highest BCUT2D eigenvalue weighted by molar-refractivity contribution is 6.29. The molecule has 100 valence electrons. The van der Waals surface area contributed by atoms with Gasteiger partial charge in [0.25, 0.3) is 0 Å². The Morgan fingerprint density at radius 3 is 3.00 bits per heavy atom. The van der Waals surface area contributed by atoms with Crippen LogP contribution >= 0.6 is 11.6 Å². The number of halogens is 1. The van der Waals surface area contributed by atoms with Crippen molar-refractivity contribution in [2.75, 3.05) is 0 Å². The number of aromatic nitrogens is 5. The van der Waals surface area contributed by atoms with Crippen molar-refractivity contribution in [2.24, 2.45) is 0 Å². The van der Waals surface area contributed by atoms with Crippen molar-refractivity contribution in [1.29, 1.82) is 0 Å². The summed E-state index contributed by atoms with van der Waals surface area (Å²) in [7, 11) is 0. The number of rotatable bonds is 5. The van der Waals surface area contributed by atoms with Crippen molar-refractivity contribution in [2.45, 2.75) is 26.5 Å². The molecule has 8 heteroatoms. The standard InChI is InChI=1S/C11H12ClN5O2/c1-2-5-17-10(14-15-16-17)7-19-11(18)8-3-4-9(12)13-6-8/h3-4,6H,2,5,7H2,1H3. The van der Waals surface area contributed by atoms with Crippen molar-refractivity contribution in [3.05, 3.63) is 34.9 Å². The molecular weight excluding hydrogens is 270 g/mol. The van der Waals surface area contributed by atoms with Gasteiger partial charge in [-0.05, 0) is 29.0 Å². The third-order valence-corrected chi connectivity index (χ3v) is 2.56. The van der Waals surface area contributed by atoms with Crippen LogP contribution in [-0.2, 0) is 17.9 Å². The van der Waals surface area contributed by atoms with Gasteiger partial charge in [-0.2, -0.15) is 0 Å². The van der Waals surface area contributed by atoms with E-state index in [9.17, 15) is 4.79 Å². The van der Waals surface area contributed by atoms with Gasteiger partial charge in [0, 0.05) is 12.7 Å². The summed E-state index contributed by atoms with van der Waals surface area (Å²) in [5, 5.41) is 11.5. The second-order valence-corrected chi connectivity index (χ2v) is 4.15. The van der Waals surface area contributed by atoms with Gasteiger partial charge in [-0.3, -0.25) is 0 Å². The first-order valence-electron chi connectivity index (χ1n) is 5.74. The molecular formula is C11H12ClN5O2. The fraction of sp³-hybridized carbons (Fsp3) is 0.364. The summed E-state index contributed by atoms with van der Waals surface area (Å²) in [6.07, 6.45) is 2.26. The van der Waals surface area contributed by atoms with Crippen LogP contribution in [0.4, 0.5) is 0 Å². The zero-order chi connectivity index (χ0) is 13.7. The number of tetrazole rings is 1. The maximum Gasteiger partial charge on any atom is 0.340 e. The Kier molecular flexibility index (Phi) is 4.40. The normalized spacial score (nSPS) is 10.4. The third kappa shape index (κ3) is 3.47. The molecule has 7 nitrogen and oxygen atoms in total. The van der Waals surface area contributed by atoms with Crippen molar-refractivity contribution in [3.8, 4) is 0 Å². The minimum Gasteiger partial charge on any atom is -0.454 e. The SMILES string of the molecule is CCCn1nnnc1COC(=O)c1ccc(Cl)nc1. The molecule has 0 spiro atoms. The highest BCUT2D eigenvalue weighted by Gasteiger charge is 2.11. The minimum atomic E-state index is -0.491. The number of carbonyl (C=O) groups excluding carboxylic acids is 1. The molecule has 0 unspecified atom stereocenters. The number of hydrogen-bond acceptors (Lipinski definition) is 6. The number of esters is 1. The van der Waals surface area contributed by atoms with Crippen LogP contribution in [0.3, 0.4) is 0 Å². The van der Waals surface area contributed by atoms with Crippen LogP contribution in [0, 0.1) is 0 Å². The average Bonchev–Trinajstić information content (AvgIpc) is 2.85. The molecule has 0 atom stereocenters. The third-order valence-electron chi connectivity index (χ3n) is 2.34. The van der Waals surface area contributed by atoms with Crippen LogP contribution in [0.5, 0.6) is 0 Å². The van der Waals surface area contributed by atoms with Crippen molar-refractivity contribution >= 4 is 17.6 Å². The lowest BCUT2D eigenvalue weighted by molar-refractivity contribution is 0.0456. The first kappa shape index (κ1) is 13.4. The van der Waals surface area contributed by atoms with E-state index >= 15 is 0 Å². The molecule has 0 aliphatic rings. The van der Waals surface area contributed by atoms with Gasteiger partial charge in [0.1, 0.15) is 5.15 Å². The number of aryl methyl sites for hydroxylation is 1. The summed E-state index contributed by atoms with van der Waals surface area (Å²) >= 11 is 5.64. The Bertz CT molecular complexity index is 554. The van der Waals surface area contributed by atoms with Crippen molar-refractivity contribution in [1.82, 2.24) is 25.2 Å². The lowest BCUT2D eigenvalue weighted by Gasteiger charge is -2.04. The van der Waals surface area contributed by atoms with Gasteiger partial charge in [-0.25, -0.2) is 14.5 Å². The molecule has 2 rings (SSSR count). The van der Waals surface area contributed by atoms with Crippen LogP contribution in [0.25, 0.3) is 0 Å². The highest BCUT2D eigenvalue weighted by atomic mass is 35.5. The summed E-state index contributed by atoms with van der Waals surface area (Å²) in [4.78, 5) is 15.5. The fourth-order valence-electron chi connectivity index (χ4n) is 1.42. The van der Waals surface area contributed by atoms with E-state index in [1.54, 1.807) is 10.7 Å². The monoisotopic (exact) mass is 281 g/mol. The Balaban J connectivity index is 1.96. The van der Waals surface area contributed by atoms with Gasteiger partial charge in [-0.1, -0.05) is 18.5 Å². The molecule has 0 N–H and O–H groups in total. The first-order chi connectivity index (χ1) is 9.20. The molecule has 0 radical (unpaired) electrons. The molecule has 0 aromatic carbocycles. The first-order valence-corrected chi connectivity index (χ1v) is 6.12.